The number of rotatable bonds is 4. The smallest absolute Gasteiger partial charge is 0.223 e. The number of hydrogen-bond donors (Lipinski definition) is 0. The molecule has 0 aliphatic rings. The summed E-state index contributed by atoms with van der Waals surface area (Å²) in [6.45, 7) is 2.08. The van der Waals surface area contributed by atoms with Crippen LogP contribution in [0.25, 0.3) is 5.69 Å². The van der Waals surface area contributed by atoms with E-state index >= 15 is 0 Å². The second-order valence-corrected chi connectivity index (χ2v) is 5.48. The van der Waals surface area contributed by atoms with E-state index in [-0.39, 0.29) is 5.78 Å². The lowest BCUT2D eigenvalue weighted by Gasteiger charge is -2.03. The van der Waals surface area contributed by atoms with Crippen molar-refractivity contribution < 1.29 is 4.79 Å². The van der Waals surface area contributed by atoms with Crippen LogP contribution in [0, 0.1) is 0 Å². The van der Waals surface area contributed by atoms with E-state index in [1.165, 1.54) is 22.4 Å². The van der Waals surface area contributed by atoms with Gasteiger partial charge < -0.3 is 0 Å². The SMILES string of the molecule is CCc1ccc(C(=O)c2cnnn2-c2ccccc2)s1. The van der Waals surface area contributed by atoms with Gasteiger partial charge in [-0.2, -0.15) is 0 Å². The third-order valence-electron chi connectivity index (χ3n) is 3.02. The lowest BCUT2D eigenvalue weighted by atomic mass is 10.2. The van der Waals surface area contributed by atoms with Crippen LogP contribution in [0.4, 0.5) is 0 Å². The van der Waals surface area contributed by atoms with Gasteiger partial charge in [-0.25, -0.2) is 4.68 Å². The molecule has 0 radical (unpaired) electrons. The van der Waals surface area contributed by atoms with Crippen LogP contribution in [0.2, 0.25) is 0 Å². The largest absolute Gasteiger partial charge is 0.286 e. The zero-order chi connectivity index (χ0) is 13.9. The minimum Gasteiger partial charge on any atom is -0.286 e. The molecule has 2 aromatic heterocycles. The number of carbonyl (C=O) groups is 1. The monoisotopic (exact) mass is 283 g/mol. The van der Waals surface area contributed by atoms with E-state index in [4.69, 9.17) is 0 Å². The summed E-state index contributed by atoms with van der Waals surface area (Å²) in [6.07, 6.45) is 2.45. The lowest BCUT2D eigenvalue weighted by Crippen LogP contribution is -2.08. The van der Waals surface area contributed by atoms with Crippen molar-refractivity contribution in [3.05, 3.63) is 64.1 Å². The van der Waals surface area contributed by atoms with Crippen molar-refractivity contribution in [1.82, 2.24) is 15.0 Å². The minimum atomic E-state index is -0.0384. The first-order valence-electron chi connectivity index (χ1n) is 6.39. The van der Waals surface area contributed by atoms with Gasteiger partial charge >= 0.3 is 0 Å². The van der Waals surface area contributed by atoms with Crippen molar-refractivity contribution in [1.29, 1.82) is 0 Å². The summed E-state index contributed by atoms with van der Waals surface area (Å²) in [6, 6.07) is 13.4. The molecular weight excluding hydrogens is 270 g/mol. The first-order chi connectivity index (χ1) is 9.79. The molecule has 20 heavy (non-hydrogen) atoms. The number of ketones is 1. The normalized spacial score (nSPS) is 10.7. The quantitative estimate of drug-likeness (QED) is 0.691. The van der Waals surface area contributed by atoms with E-state index in [0.717, 1.165) is 17.0 Å². The number of hydrogen-bond acceptors (Lipinski definition) is 4. The summed E-state index contributed by atoms with van der Waals surface area (Å²) in [4.78, 5) is 14.5. The van der Waals surface area contributed by atoms with Crippen molar-refractivity contribution in [2.24, 2.45) is 0 Å². The van der Waals surface area contributed by atoms with Crippen LogP contribution in [0.3, 0.4) is 0 Å². The van der Waals surface area contributed by atoms with Crippen LogP contribution >= 0.6 is 11.3 Å². The first-order valence-corrected chi connectivity index (χ1v) is 7.20. The molecule has 100 valence electrons. The third kappa shape index (κ3) is 2.28. The number of aryl methyl sites for hydroxylation is 1. The Morgan fingerprint density at radius 3 is 2.70 bits per heavy atom. The Bertz CT molecular complexity index is 730. The number of thiophene rings is 1. The van der Waals surface area contributed by atoms with Crippen LogP contribution in [0.5, 0.6) is 0 Å². The molecule has 0 aliphatic carbocycles. The van der Waals surface area contributed by atoms with Gasteiger partial charge in [0.25, 0.3) is 0 Å². The van der Waals surface area contributed by atoms with E-state index < -0.39 is 0 Å². The fraction of sp³-hybridized carbons (Fsp3) is 0.133. The Kier molecular flexibility index (Phi) is 3.43. The van der Waals surface area contributed by atoms with Gasteiger partial charge in [-0.05, 0) is 30.7 Å². The van der Waals surface area contributed by atoms with Crippen LogP contribution in [0.1, 0.15) is 27.2 Å². The fourth-order valence-electron chi connectivity index (χ4n) is 1.97. The molecule has 2 heterocycles. The Balaban J connectivity index is 1.99. The predicted molar refractivity (Wildman–Crippen MR) is 78.5 cm³/mol. The van der Waals surface area contributed by atoms with Crippen LogP contribution in [-0.4, -0.2) is 20.8 Å². The highest BCUT2D eigenvalue weighted by atomic mass is 32.1. The van der Waals surface area contributed by atoms with E-state index in [1.54, 1.807) is 4.68 Å². The maximum Gasteiger partial charge on any atom is 0.223 e. The first kappa shape index (κ1) is 12.7. The molecular formula is C15H13N3OS. The maximum atomic E-state index is 12.5. The summed E-state index contributed by atoms with van der Waals surface area (Å²) >= 11 is 1.52. The highest BCUT2D eigenvalue weighted by molar-refractivity contribution is 7.14. The average Bonchev–Trinajstić information content (AvgIpc) is 3.16. The van der Waals surface area contributed by atoms with E-state index in [2.05, 4.69) is 17.2 Å². The lowest BCUT2D eigenvalue weighted by molar-refractivity contribution is 0.103. The zero-order valence-corrected chi connectivity index (χ0v) is 11.8. The summed E-state index contributed by atoms with van der Waals surface area (Å²) < 4.78 is 1.58. The molecule has 1 aromatic carbocycles. The van der Waals surface area contributed by atoms with Crippen molar-refractivity contribution in [3.63, 3.8) is 0 Å². The number of carbonyl (C=O) groups excluding carboxylic acids is 1. The molecule has 0 saturated heterocycles. The molecule has 0 saturated carbocycles. The Morgan fingerprint density at radius 1 is 1.20 bits per heavy atom. The highest BCUT2D eigenvalue weighted by Gasteiger charge is 2.18. The molecule has 3 aromatic rings. The van der Waals surface area contributed by atoms with Gasteiger partial charge in [-0.3, -0.25) is 4.79 Å². The van der Waals surface area contributed by atoms with Crippen LogP contribution < -0.4 is 0 Å². The van der Waals surface area contributed by atoms with Crippen molar-refractivity contribution in [2.75, 3.05) is 0 Å². The second-order valence-electron chi connectivity index (χ2n) is 4.32. The maximum absolute atomic E-state index is 12.5. The Labute approximate surface area is 120 Å². The number of aromatic nitrogens is 3. The summed E-state index contributed by atoms with van der Waals surface area (Å²) in [5, 5.41) is 7.88. The summed E-state index contributed by atoms with van der Waals surface area (Å²) in [7, 11) is 0. The number of para-hydroxylation sites is 1. The molecule has 0 spiro atoms. The van der Waals surface area contributed by atoms with Crippen molar-refractivity contribution >= 4 is 17.1 Å². The second kappa shape index (κ2) is 5.38. The molecule has 0 unspecified atom stereocenters. The molecule has 0 bridgehead atoms. The Morgan fingerprint density at radius 2 is 2.00 bits per heavy atom. The summed E-state index contributed by atoms with van der Waals surface area (Å²) in [5.74, 6) is -0.0384. The topological polar surface area (TPSA) is 47.8 Å². The molecule has 0 amide bonds. The van der Waals surface area contributed by atoms with Gasteiger partial charge in [-0.1, -0.05) is 30.3 Å². The van der Waals surface area contributed by atoms with Gasteiger partial charge in [0.15, 0.2) is 0 Å². The van der Waals surface area contributed by atoms with E-state index in [9.17, 15) is 4.79 Å². The van der Waals surface area contributed by atoms with Gasteiger partial charge in [0.05, 0.1) is 16.8 Å². The van der Waals surface area contributed by atoms with Gasteiger partial charge in [0, 0.05) is 4.88 Å². The fourth-order valence-corrected chi connectivity index (χ4v) is 2.86. The number of nitrogens with zero attached hydrogens (tertiary/aromatic N) is 3. The van der Waals surface area contributed by atoms with Gasteiger partial charge in [-0.15, -0.1) is 16.4 Å². The van der Waals surface area contributed by atoms with E-state index in [0.29, 0.717) is 5.69 Å². The standard InChI is InChI=1S/C15H13N3OS/c1-2-12-8-9-14(20-12)15(19)13-10-16-17-18(13)11-6-4-3-5-7-11/h3-10H,2H2,1H3. The van der Waals surface area contributed by atoms with Gasteiger partial charge in [0.1, 0.15) is 5.69 Å². The van der Waals surface area contributed by atoms with Crippen LogP contribution in [0.15, 0.2) is 48.7 Å². The molecule has 3 rings (SSSR count). The predicted octanol–water partition coefficient (Wildman–Crippen LogP) is 3.12. The molecule has 0 atom stereocenters. The average molecular weight is 283 g/mol. The molecule has 0 fully saturated rings. The molecule has 5 heteroatoms. The molecule has 0 aliphatic heterocycles. The summed E-state index contributed by atoms with van der Waals surface area (Å²) in [5.41, 5.74) is 1.32. The third-order valence-corrected chi connectivity index (χ3v) is 4.24. The highest BCUT2D eigenvalue weighted by Crippen LogP contribution is 2.21. The zero-order valence-electron chi connectivity index (χ0n) is 11.0. The van der Waals surface area contributed by atoms with Crippen LogP contribution in [-0.2, 0) is 6.42 Å². The minimum absolute atomic E-state index is 0.0384. The molecule has 0 N–H and O–H groups in total. The van der Waals surface area contributed by atoms with Crippen molar-refractivity contribution in [2.45, 2.75) is 13.3 Å². The number of benzene rings is 1. The van der Waals surface area contributed by atoms with Gasteiger partial charge in [0.2, 0.25) is 5.78 Å². The van der Waals surface area contributed by atoms with E-state index in [1.807, 2.05) is 42.5 Å². The Hall–Kier alpha value is -2.27. The molecule has 4 nitrogen and oxygen atoms in total. The van der Waals surface area contributed by atoms with Crippen molar-refractivity contribution in [3.8, 4) is 5.69 Å².